The summed E-state index contributed by atoms with van der Waals surface area (Å²) in [5, 5.41) is 0. The first kappa shape index (κ1) is 42.1. The molecule has 0 amide bonds. The molecule has 0 spiro atoms. The Morgan fingerprint density at radius 2 is 0.611 bits per heavy atom. The Labute approximate surface area is 423 Å². The van der Waals surface area contributed by atoms with Crippen LogP contribution in [-0.2, 0) is 16.2 Å². The molecule has 3 aliphatic rings. The van der Waals surface area contributed by atoms with Gasteiger partial charge in [-0.1, -0.05) is 250 Å². The van der Waals surface area contributed by atoms with Crippen molar-refractivity contribution in [3.05, 3.63) is 329 Å². The Kier molecular flexibility index (Phi) is 9.44. The van der Waals surface area contributed by atoms with Gasteiger partial charge in [0.05, 0.1) is 10.8 Å². The number of hydrogen-bond donors (Lipinski definition) is 0. The normalized spacial score (nSPS) is 14.6. The highest BCUT2D eigenvalue weighted by molar-refractivity contribution is 5.96. The Hall–Kier alpha value is -8.78. The summed E-state index contributed by atoms with van der Waals surface area (Å²) in [7, 11) is 0. The van der Waals surface area contributed by atoms with Crippen molar-refractivity contribution in [2.45, 2.75) is 30.1 Å². The minimum atomic E-state index is -0.476. The van der Waals surface area contributed by atoms with Crippen molar-refractivity contribution in [3.8, 4) is 44.5 Å². The first-order chi connectivity index (χ1) is 35.5. The highest BCUT2D eigenvalue weighted by Gasteiger charge is 2.48. The summed E-state index contributed by atoms with van der Waals surface area (Å²) in [5.41, 5.74) is 25.5. The van der Waals surface area contributed by atoms with Crippen molar-refractivity contribution in [1.82, 2.24) is 0 Å². The highest BCUT2D eigenvalue weighted by atomic mass is 15.1. The zero-order valence-corrected chi connectivity index (χ0v) is 40.4. The van der Waals surface area contributed by atoms with E-state index in [9.17, 15) is 0 Å². The second-order valence-electron chi connectivity index (χ2n) is 20.3. The van der Waals surface area contributed by atoms with E-state index in [1.54, 1.807) is 0 Å². The summed E-state index contributed by atoms with van der Waals surface area (Å²) in [6, 6.07) is 102. The van der Waals surface area contributed by atoms with Gasteiger partial charge in [-0.3, -0.25) is 0 Å². The van der Waals surface area contributed by atoms with Gasteiger partial charge in [-0.2, -0.15) is 0 Å². The third-order valence-electron chi connectivity index (χ3n) is 16.5. The summed E-state index contributed by atoms with van der Waals surface area (Å²) in [6.07, 6.45) is 0. The summed E-state index contributed by atoms with van der Waals surface area (Å²) in [4.78, 5) is 2.46. The lowest BCUT2D eigenvalue weighted by molar-refractivity contribution is 0.660. The van der Waals surface area contributed by atoms with E-state index in [-0.39, 0.29) is 5.41 Å². The number of fused-ring (bicyclic) bond motifs is 9. The van der Waals surface area contributed by atoms with Crippen LogP contribution in [0.3, 0.4) is 0 Å². The van der Waals surface area contributed by atoms with Gasteiger partial charge in [0.25, 0.3) is 0 Å². The van der Waals surface area contributed by atoms with Crippen molar-refractivity contribution < 1.29 is 0 Å². The molecular formula is C71H51N. The SMILES string of the molecule is CC1(C)c2ccccc2-c2ccc(N(c3ccc(-c4cccc5c4-c4ccccc4C5(c4ccccc4)c4ccccc4)cc3)c3ccc(C4(c5ccccc5)c5ccccc5-c5ccccc54)cc3)cc21. The van der Waals surface area contributed by atoms with Gasteiger partial charge in [0.15, 0.2) is 0 Å². The van der Waals surface area contributed by atoms with Crippen molar-refractivity contribution in [3.63, 3.8) is 0 Å². The standard InChI is InChI=1S/C71H51N/c1-69(2)62-32-16-12-27-57(62)60-46-45-55(47-67(60)69)72(54-43-39-52(40-44-54)70(49-21-6-3-7-22-49)63-33-17-13-28-58(63)59-29-14-18-34-64(59)70)53-41-37-48(38-42-53)56-31-20-36-66-68(56)61-30-15-19-35-65(61)71(66,50-23-8-4-9-24-50)51-25-10-5-11-26-51/h3-47H,1-2H3. The van der Waals surface area contributed by atoms with Gasteiger partial charge in [0, 0.05) is 22.5 Å². The lowest BCUT2D eigenvalue weighted by Gasteiger charge is -2.34. The Bertz CT molecular complexity index is 3780. The molecule has 11 aromatic carbocycles. The fraction of sp³-hybridized carbons (Fsp3) is 0.0704. The third kappa shape index (κ3) is 5.89. The quantitative estimate of drug-likeness (QED) is 0.147. The number of anilines is 3. The van der Waals surface area contributed by atoms with Gasteiger partial charge in [-0.15, -0.1) is 0 Å². The average molecular weight is 918 g/mol. The van der Waals surface area contributed by atoms with Gasteiger partial charge < -0.3 is 4.90 Å². The molecule has 0 aliphatic heterocycles. The molecule has 0 saturated heterocycles. The van der Waals surface area contributed by atoms with Crippen LogP contribution in [0.4, 0.5) is 17.1 Å². The van der Waals surface area contributed by atoms with E-state index >= 15 is 0 Å². The molecule has 3 aliphatic carbocycles. The van der Waals surface area contributed by atoms with Crippen LogP contribution in [0.15, 0.2) is 273 Å². The van der Waals surface area contributed by atoms with Gasteiger partial charge in [-0.05, 0) is 137 Å². The second kappa shape index (κ2) is 16.1. The molecule has 0 unspecified atom stereocenters. The van der Waals surface area contributed by atoms with E-state index in [0.717, 1.165) is 17.1 Å². The van der Waals surface area contributed by atoms with Crippen LogP contribution in [0.1, 0.15) is 69.5 Å². The summed E-state index contributed by atoms with van der Waals surface area (Å²) in [5.74, 6) is 0. The van der Waals surface area contributed by atoms with Crippen LogP contribution in [0.5, 0.6) is 0 Å². The topological polar surface area (TPSA) is 3.24 Å². The van der Waals surface area contributed by atoms with Crippen molar-refractivity contribution in [2.24, 2.45) is 0 Å². The second-order valence-corrected chi connectivity index (χ2v) is 20.3. The van der Waals surface area contributed by atoms with E-state index in [2.05, 4.69) is 292 Å². The van der Waals surface area contributed by atoms with E-state index in [1.807, 2.05) is 0 Å². The number of benzene rings is 11. The number of nitrogens with zero attached hydrogens (tertiary/aromatic N) is 1. The molecule has 1 heteroatoms. The molecule has 0 bridgehead atoms. The molecule has 0 heterocycles. The number of rotatable bonds is 8. The zero-order valence-electron chi connectivity index (χ0n) is 40.4. The lowest BCUT2D eigenvalue weighted by atomic mass is 9.67. The highest BCUT2D eigenvalue weighted by Crippen LogP contribution is 2.60. The monoisotopic (exact) mass is 917 g/mol. The van der Waals surface area contributed by atoms with Gasteiger partial charge in [0.1, 0.15) is 0 Å². The summed E-state index contributed by atoms with van der Waals surface area (Å²) < 4.78 is 0. The Balaban J connectivity index is 0.933. The smallest absolute Gasteiger partial charge is 0.0713 e. The molecule has 340 valence electrons. The van der Waals surface area contributed by atoms with Crippen molar-refractivity contribution >= 4 is 17.1 Å². The van der Waals surface area contributed by atoms with Crippen LogP contribution in [0.25, 0.3) is 44.5 Å². The third-order valence-corrected chi connectivity index (χ3v) is 16.5. The van der Waals surface area contributed by atoms with Crippen molar-refractivity contribution in [2.75, 3.05) is 4.90 Å². The molecule has 0 saturated carbocycles. The minimum Gasteiger partial charge on any atom is -0.310 e. The van der Waals surface area contributed by atoms with E-state index < -0.39 is 10.8 Å². The molecule has 11 aromatic rings. The lowest BCUT2D eigenvalue weighted by Crippen LogP contribution is -2.28. The summed E-state index contributed by atoms with van der Waals surface area (Å²) in [6.45, 7) is 4.74. The van der Waals surface area contributed by atoms with Crippen LogP contribution >= 0.6 is 0 Å². The predicted molar refractivity (Wildman–Crippen MR) is 299 cm³/mol. The van der Waals surface area contributed by atoms with E-state index in [0.29, 0.717) is 0 Å². The maximum absolute atomic E-state index is 2.46. The zero-order chi connectivity index (χ0) is 48.0. The maximum atomic E-state index is 2.46. The molecule has 72 heavy (non-hydrogen) atoms. The van der Waals surface area contributed by atoms with Crippen molar-refractivity contribution in [1.29, 1.82) is 0 Å². The first-order valence-electron chi connectivity index (χ1n) is 25.3. The molecule has 0 radical (unpaired) electrons. The first-order valence-corrected chi connectivity index (χ1v) is 25.3. The molecule has 14 rings (SSSR count). The predicted octanol–water partition coefficient (Wildman–Crippen LogP) is 17.9. The average Bonchev–Trinajstić information content (AvgIpc) is 4.01. The fourth-order valence-corrected chi connectivity index (χ4v) is 13.4. The molecule has 0 atom stereocenters. The van der Waals surface area contributed by atoms with Crippen LogP contribution < -0.4 is 4.90 Å². The molecule has 0 aromatic heterocycles. The van der Waals surface area contributed by atoms with Gasteiger partial charge >= 0.3 is 0 Å². The van der Waals surface area contributed by atoms with Crippen LogP contribution in [-0.4, -0.2) is 0 Å². The molecule has 1 nitrogen and oxygen atoms in total. The molecule has 0 fully saturated rings. The molecule has 0 N–H and O–H groups in total. The maximum Gasteiger partial charge on any atom is 0.0713 e. The Morgan fingerprint density at radius 3 is 1.15 bits per heavy atom. The number of hydrogen-bond acceptors (Lipinski definition) is 1. The van der Waals surface area contributed by atoms with E-state index in [1.165, 1.54) is 100 Å². The minimum absolute atomic E-state index is 0.147. The van der Waals surface area contributed by atoms with Crippen LogP contribution in [0.2, 0.25) is 0 Å². The molecular weight excluding hydrogens is 867 g/mol. The fourth-order valence-electron chi connectivity index (χ4n) is 13.4. The Morgan fingerprint density at radius 1 is 0.250 bits per heavy atom. The van der Waals surface area contributed by atoms with Crippen LogP contribution in [0, 0.1) is 0 Å². The van der Waals surface area contributed by atoms with Gasteiger partial charge in [0.2, 0.25) is 0 Å². The van der Waals surface area contributed by atoms with E-state index in [4.69, 9.17) is 0 Å². The summed E-state index contributed by atoms with van der Waals surface area (Å²) >= 11 is 0. The largest absolute Gasteiger partial charge is 0.310 e. The van der Waals surface area contributed by atoms with Gasteiger partial charge in [-0.25, -0.2) is 0 Å².